The zero-order valence-corrected chi connectivity index (χ0v) is 22.4. The first-order valence-electron chi connectivity index (χ1n) is 12.2. The number of thiocarbonyl (C=S) groups is 1. The van der Waals surface area contributed by atoms with Crippen LogP contribution in [0.25, 0.3) is 11.7 Å². The highest BCUT2D eigenvalue weighted by Gasteiger charge is 2.32. The second kappa shape index (κ2) is 11.0. The van der Waals surface area contributed by atoms with Gasteiger partial charge in [0.05, 0.1) is 23.7 Å². The maximum atomic E-state index is 13.5. The van der Waals surface area contributed by atoms with Crippen LogP contribution >= 0.6 is 24.0 Å². The first-order valence-corrected chi connectivity index (χ1v) is 13.4. The smallest absolute Gasteiger partial charge is 0.267 e. The van der Waals surface area contributed by atoms with Gasteiger partial charge in [0.25, 0.3) is 11.5 Å². The van der Waals surface area contributed by atoms with Gasteiger partial charge < -0.3 is 14.8 Å². The van der Waals surface area contributed by atoms with E-state index in [0.717, 1.165) is 36.3 Å². The van der Waals surface area contributed by atoms with Crippen molar-refractivity contribution in [2.45, 2.75) is 32.3 Å². The van der Waals surface area contributed by atoms with Crippen LogP contribution in [0.15, 0.2) is 52.3 Å². The number of methoxy groups -OCH3 is 1. The molecule has 2 fully saturated rings. The van der Waals surface area contributed by atoms with Crippen molar-refractivity contribution < 1.29 is 14.3 Å². The van der Waals surface area contributed by atoms with Crippen molar-refractivity contribution in [3.63, 3.8) is 0 Å². The Balaban J connectivity index is 1.42. The SMILES string of the molecule is COc1ccc(CCN2C(=O)/C(=C/c3c(NC[C@H]4CCCO4)nc4c(C)cccn4c3=O)SC2=S)cc1. The second-order valence-corrected chi connectivity index (χ2v) is 10.7. The Morgan fingerprint density at radius 3 is 2.81 bits per heavy atom. The number of ether oxygens (including phenoxy) is 2. The van der Waals surface area contributed by atoms with Gasteiger partial charge in [-0.15, -0.1) is 0 Å². The molecule has 2 aliphatic heterocycles. The topological polar surface area (TPSA) is 85.2 Å². The summed E-state index contributed by atoms with van der Waals surface area (Å²) >= 11 is 6.73. The third kappa shape index (κ3) is 5.41. The molecule has 4 heterocycles. The van der Waals surface area contributed by atoms with Crippen molar-refractivity contribution in [3.05, 3.63) is 74.5 Å². The summed E-state index contributed by atoms with van der Waals surface area (Å²) in [5, 5.41) is 3.31. The summed E-state index contributed by atoms with van der Waals surface area (Å²) < 4.78 is 12.9. The average Bonchev–Trinajstić information content (AvgIpc) is 3.52. The summed E-state index contributed by atoms with van der Waals surface area (Å²) in [7, 11) is 1.63. The summed E-state index contributed by atoms with van der Waals surface area (Å²) in [4.78, 5) is 33.6. The fourth-order valence-corrected chi connectivity index (χ4v) is 5.74. The Labute approximate surface area is 224 Å². The number of pyridine rings is 1. The van der Waals surface area contributed by atoms with E-state index < -0.39 is 0 Å². The number of carbonyl (C=O) groups is 1. The van der Waals surface area contributed by atoms with Gasteiger partial charge in [0.2, 0.25) is 0 Å². The number of aromatic nitrogens is 2. The number of nitrogens with one attached hydrogen (secondary N) is 1. The van der Waals surface area contributed by atoms with Crippen LogP contribution in [-0.4, -0.2) is 57.4 Å². The molecule has 1 amide bonds. The Hall–Kier alpha value is -3.21. The fourth-order valence-electron chi connectivity index (χ4n) is 4.45. The van der Waals surface area contributed by atoms with Crippen LogP contribution in [0.2, 0.25) is 0 Å². The van der Waals surface area contributed by atoms with Crippen molar-refractivity contribution in [1.29, 1.82) is 0 Å². The maximum Gasteiger partial charge on any atom is 0.267 e. The monoisotopic (exact) mass is 536 g/mol. The summed E-state index contributed by atoms with van der Waals surface area (Å²) in [5.74, 6) is 1.02. The number of aryl methyl sites for hydroxylation is 1. The van der Waals surface area contributed by atoms with E-state index in [1.807, 2.05) is 43.3 Å². The largest absolute Gasteiger partial charge is 0.497 e. The molecule has 8 nitrogen and oxygen atoms in total. The first kappa shape index (κ1) is 25.4. The number of anilines is 1. The van der Waals surface area contributed by atoms with Gasteiger partial charge in [0.1, 0.15) is 21.5 Å². The molecule has 1 N–H and O–H groups in total. The lowest BCUT2D eigenvalue weighted by Gasteiger charge is -2.15. The summed E-state index contributed by atoms with van der Waals surface area (Å²) in [6.07, 6.45) is 6.01. The molecule has 5 rings (SSSR count). The van der Waals surface area contributed by atoms with Crippen molar-refractivity contribution in [3.8, 4) is 5.75 Å². The lowest BCUT2D eigenvalue weighted by atomic mass is 10.1. The van der Waals surface area contributed by atoms with E-state index in [9.17, 15) is 9.59 Å². The predicted octanol–water partition coefficient (Wildman–Crippen LogP) is 4.05. The molecule has 1 atom stereocenters. The molecule has 0 aliphatic carbocycles. The van der Waals surface area contributed by atoms with Gasteiger partial charge in [-0.2, -0.15) is 0 Å². The molecule has 0 saturated carbocycles. The van der Waals surface area contributed by atoms with Crippen LogP contribution in [0.5, 0.6) is 5.75 Å². The Morgan fingerprint density at radius 1 is 1.27 bits per heavy atom. The normalized spacial score (nSPS) is 18.8. The Morgan fingerprint density at radius 2 is 2.08 bits per heavy atom. The van der Waals surface area contributed by atoms with Crippen molar-refractivity contribution in [2.75, 3.05) is 32.1 Å². The van der Waals surface area contributed by atoms with Gasteiger partial charge in [0.15, 0.2) is 0 Å². The third-order valence-electron chi connectivity index (χ3n) is 6.54. The van der Waals surface area contributed by atoms with Crippen LogP contribution in [0.3, 0.4) is 0 Å². The molecule has 10 heteroatoms. The lowest BCUT2D eigenvalue weighted by Crippen LogP contribution is -2.30. The first-order chi connectivity index (χ1) is 17.9. The molecule has 0 bridgehead atoms. The van der Waals surface area contributed by atoms with E-state index >= 15 is 0 Å². The number of rotatable bonds is 8. The van der Waals surface area contributed by atoms with E-state index in [2.05, 4.69) is 5.32 Å². The highest BCUT2D eigenvalue weighted by Crippen LogP contribution is 2.33. The Bertz CT molecular complexity index is 1430. The molecule has 1 aromatic carbocycles. The summed E-state index contributed by atoms with van der Waals surface area (Å²) in [5.41, 5.74) is 2.62. The van der Waals surface area contributed by atoms with Crippen LogP contribution in [0.1, 0.15) is 29.5 Å². The van der Waals surface area contributed by atoms with E-state index in [0.29, 0.717) is 45.8 Å². The minimum absolute atomic E-state index is 0.0705. The molecule has 0 spiro atoms. The van der Waals surface area contributed by atoms with Gasteiger partial charge in [0, 0.05) is 25.9 Å². The predicted molar refractivity (Wildman–Crippen MR) is 150 cm³/mol. The number of nitrogens with zero attached hydrogens (tertiary/aromatic N) is 3. The van der Waals surface area contributed by atoms with Crippen molar-refractivity contribution >= 4 is 51.7 Å². The molecule has 3 aromatic rings. The Kier molecular flexibility index (Phi) is 7.59. The minimum Gasteiger partial charge on any atom is -0.497 e. The second-order valence-electron chi connectivity index (χ2n) is 9.01. The number of fused-ring (bicyclic) bond motifs is 1. The molecule has 2 aromatic heterocycles. The van der Waals surface area contributed by atoms with Gasteiger partial charge >= 0.3 is 0 Å². The molecule has 2 saturated heterocycles. The van der Waals surface area contributed by atoms with Crippen LogP contribution < -0.4 is 15.6 Å². The van der Waals surface area contributed by atoms with Crippen molar-refractivity contribution in [2.24, 2.45) is 0 Å². The quantitative estimate of drug-likeness (QED) is 0.341. The average molecular weight is 537 g/mol. The fraction of sp³-hybridized carbons (Fsp3) is 0.333. The van der Waals surface area contributed by atoms with Crippen molar-refractivity contribution in [1.82, 2.24) is 14.3 Å². The van der Waals surface area contributed by atoms with Gasteiger partial charge in [-0.1, -0.05) is 42.2 Å². The molecule has 2 aliphatic rings. The zero-order chi connectivity index (χ0) is 25.9. The third-order valence-corrected chi connectivity index (χ3v) is 7.92. The molecule has 37 heavy (non-hydrogen) atoms. The van der Waals surface area contributed by atoms with Crippen LogP contribution in [0.4, 0.5) is 5.82 Å². The summed E-state index contributed by atoms with van der Waals surface area (Å²) in [6.45, 7) is 3.65. The minimum atomic E-state index is -0.243. The van der Waals surface area contributed by atoms with Gasteiger partial charge in [-0.25, -0.2) is 4.98 Å². The maximum absolute atomic E-state index is 13.5. The molecule has 0 radical (unpaired) electrons. The highest BCUT2D eigenvalue weighted by molar-refractivity contribution is 8.26. The summed E-state index contributed by atoms with van der Waals surface area (Å²) in [6, 6.07) is 11.5. The van der Waals surface area contributed by atoms with Gasteiger partial charge in [-0.05, 0) is 61.6 Å². The molecular weight excluding hydrogens is 508 g/mol. The lowest BCUT2D eigenvalue weighted by molar-refractivity contribution is -0.122. The highest BCUT2D eigenvalue weighted by atomic mass is 32.2. The number of thioether (sulfide) groups is 1. The van der Waals surface area contributed by atoms with Crippen LogP contribution in [-0.2, 0) is 16.0 Å². The van der Waals surface area contributed by atoms with E-state index in [1.54, 1.807) is 24.3 Å². The van der Waals surface area contributed by atoms with E-state index in [1.165, 1.54) is 16.2 Å². The standard InChI is InChI=1S/C27H28N4O4S2/c1-17-5-3-12-30-24(17)29-23(28-16-20-6-4-14-35-20)21(25(30)32)15-22-26(33)31(27(36)37-22)13-11-18-7-9-19(34-2)10-8-18/h3,5,7-10,12,15,20,28H,4,6,11,13-14,16H2,1-2H3/b22-15-/t20-/m1/s1. The van der Waals surface area contributed by atoms with E-state index in [-0.39, 0.29) is 17.6 Å². The molecule has 0 unspecified atom stereocenters. The van der Waals surface area contributed by atoms with Crippen LogP contribution in [0, 0.1) is 6.92 Å². The number of carbonyl (C=O) groups excluding carboxylic acids is 1. The number of hydrogen-bond donors (Lipinski definition) is 1. The van der Waals surface area contributed by atoms with E-state index in [4.69, 9.17) is 26.7 Å². The number of benzene rings is 1. The zero-order valence-electron chi connectivity index (χ0n) is 20.7. The van der Waals surface area contributed by atoms with Gasteiger partial charge in [-0.3, -0.25) is 18.9 Å². The number of amides is 1. The molecule has 192 valence electrons. The molecular formula is C27H28N4O4S2. The number of hydrogen-bond acceptors (Lipinski definition) is 8.